The molecule has 0 bridgehead atoms. The molecule has 23 heavy (non-hydrogen) atoms. The van der Waals surface area contributed by atoms with Gasteiger partial charge in [-0.2, -0.15) is 5.10 Å². The van der Waals surface area contributed by atoms with Gasteiger partial charge in [0.15, 0.2) is 5.96 Å². The fourth-order valence-corrected chi connectivity index (χ4v) is 2.74. The summed E-state index contributed by atoms with van der Waals surface area (Å²) < 4.78 is 1.75. The van der Waals surface area contributed by atoms with Gasteiger partial charge in [0, 0.05) is 39.3 Å². The van der Waals surface area contributed by atoms with Gasteiger partial charge >= 0.3 is 0 Å². The molecule has 1 aliphatic heterocycles. The molecular weight excluding hydrogens is 290 g/mol. The van der Waals surface area contributed by atoms with Gasteiger partial charge in [0.05, 0.1) is 0 Å². The number of guanidine groups is 1. The highest BCUT2D eigenvalue weighted by Crippen LogP contribution is 2.11. The van der Waals surface area contributed by atoms with E-state index in [1.165, 1.54) is 5.57 Å². The molecule has 1 saturated heterocycles. The van der Waals surface area contributed by atoms with Crippen molar-refractivity contribution in [3.05, 3.63) is 24.3 Å². The average Bonchev–Trinajstić information content (AvgIpc) is 2.92. The van der Waals surface area contributed by atoms with Crippen LogP contribution < -0.4 is 10.6 Å². The van der Waals surface area contributed by atoms with Crippen LogP contribution in [0.2, 0.25) is 0 Å². The zero-order chi connectivity index (χ0) is 16.7. The number of likely N-dealkylation sites (tertiary alicyclic amines) is 1. The molecule has 2 N–H and O–H groups in total. The fraction of sp³-hybridized carbons (Fsp3) is 0.688. The van der Waals surface area contributed by atoms with Crippen LogP contribution in [0.25, 0.3) is 0 Å². The molecule has 0 spiro atoms. The SMILES string of the molecule is C=C(C)CN1CCC(NC(=NCc2ncnn2C)NCC)CC1. The van der Waals surface area contributed by atoms with Crippen molar-refractivity contribution in [1.29, 1.82) is 0 Å². The van der Waals surface area contributed by atoms with Crippen LogP contribution in [0.15, 0.2) is 23.5 Å². The van der Waals surface area contributed by atoms with Crippen LogP contribution in [0.1, 0.15) is 32.5 Å². The predicted molar refractivity (Wildman–Crippen MR) is 93.2 cm³/mol. The molecule has 1 aromatic rings. The molecule has 7 heteroatoms. The van der Waals surface area contributed by atoms with Crippen molar-refractivity contribution in [3.63, 3.8) is 0 Å². The number of hydrogen-bond donors (Lipinski definition) is 2. The summed E-state index contributed by atoms with van der Waals surface area (Å²) in [6.07, 6.45) is 3.81. The highest BCUT2D eigenvalue weighted by molar-refractivity contribution is 5.80. The summed E-state index contributed by atoms with van der Waals surface area (Å²) in [5, 5.41) is 10.9. The first-order valence-corrected chi connectivity index (χ1v) is 8.33. The lowest BCUT2D eigenvalue weighted by Gasteiger charge is -2.33. The highest BCUT2D eigenvalue weighted by Gasteiger charge is 2.19. The van der Waals surface area contributed by atoms with Crippen molar-refractivity contribution in [2.75, 3.05) is 26.2 Å². The lowest BCUT2D eigenvalue weighted by molar-refractivity contribution is 0.221. The van der Waals surface area contributed by atoms with Gasteiger partial charge in [-0.3, -0.25) is 9.58 Å². The zero-order valence-corrected chi connectivity index (χ0v) is 14.5. The first-order valence-electron chi connectivity index (χ1n) is 8.33. The minimum absolute atomic E-state index is 0.466. The van der Waals surface area contributed by atoms with Gasteiger partial charge in [-0.1, -0.05) is 12.2 Å². The summed E-state index contributed by atoms with van der Waals surface area (Å²) in [5.41, 5.74) is 1.23. The van der Waals surface area contributed by atoms with E-state index >= 15 is 0 Å². The standard InChI is InChI=1S/C16H29N7/c1-5-17-16(18-10-15-19-12-20-22(15)4)21-14-6-8-23(9-7-14)11-13(2)3/h12,14H,2,5-11H2,1,3-4H3,(H2,17,18,21). The summed E-state index contributed by atoms with van der Waals surface area (Å²) in [7, 11) is 1.88. The van der Waals surface area contributed by atoms with Crippen LogP contribution in [0.5, 0.6) is 0 Å². The first kappa shape index (κ1) is 17.5. The summed E-state index contributed by atoms with van der Waals surface area (Å²) in [6, 6.07) is 0.466. The predicted octanol–water partition coefficient (Wildman–Crippen LogP) is 0.911. The monoisotopic (exact) mass is 319 g/mol. The number of nitrogens with one attached hydrogen (secondary N) is 2. The number of aryl methyl sites for hydroxylation is 1. The van der Waals surface area contributed by atoms with E-state index in [2.05, 4.69) is 51.0 Å². The van der Waals surface area contributed by atoms with Crippen molar-refractivity contribution in [3.8, 4) is 0 Å². The van der Waals surface area contributed by atoms with Crippen LogP contribution in [-0.4, -0.2) is 57.8 Å². The van der Waals surface area contributed by atoms with Gasteiger partial charge in [0.1, 0.15) is 18.7 Å². The fourth-order valence-electron chi connectivity index (χ4n) is 2.74. The molecule has 0 saturated carbocycles. The third-order valence-electron chi connectivity index (χ3n) is 3.95. The second kappa shape index (κ2) is 8.67. The Morgan fingerprint density at radius 1 is 1.43 bits per heavy atom. The second-order valence-electron chi connectivity index (χ2n) is 6.15. The third-order valence-corrected chi connectivity index (χ3v) is 3.95. The summed E-state index contributed by atoms with van der Waals surface area (Å²) in [4.78, 5) is 11.3. The Bertz CT molecular complexity index is 526. The topological polar surface area (TPSA) is 70.4 Å². The molecular formula is C16H29N7. The van der Waals surface area contributed by atoms with Crippen molar-refractivity contribution >= 4 is 5.96 Å². The van der Waals surface area contributed by atoms with Gasteiger partial charge in [-0.05, 0) is 26.7 Å². The van der Waals surface area contributed by atoms with Crippen LogP contribution in [0.4, 0.5) is 0 Å². The maximum absolute atomic E-state index is 4.62. The molecule has 128 valence electrons. The van der Waals surface area contributed by atoms with E-state index < -0.39 is 0 Å². The summed E-state index contributed by atoms with van der Waals surface area (Å²) in [6.45, 7) is 12.8. The van der Waals surface area contributed by atoms with Crippen LogP contribution in [0, 0.1) is 0 Å². The molecule has 0 aliphatic carbocycles. The van der Waals surface area contributed by atoms with Crippen molar-refractivity contribution in [1.82, 2.24) is 30.3 Å². The smallest absolute Gasteiger partial charge is 0.191 e. The lowest BCUT2D eigenvalue weighted by atomic mass is 10.0. The minimum Gasteiger partial charge on any atom is -0.357 e. The Kier molecular flexibility index (Phi) is 6.58. The van der Waals surface area contributed by atoms with E-state index in [1.54, 1.807) is 11.0 Å². The van der Waals surface area contributed by atoms with Gasteiger partial charge in [0.25, 0.3) is 0 Å². The van der Waals surface area contributed by atoms with Gasteiger partial charge < -0.3 is 10.6 Å². The van der Waals surface area contributed by atoms with Crippen LogP contribution >= 0.6 is 0 Å². The molecule has 7 nitrogen and oxygen atoms in total. The van der Waals surface area contributed by atoms with Crippen molar-refractivity contribution in [2.24, 2.45) is 12.0 Å². The van der Waals surface area contributed by atoms with Crippen LogP contribution in [0.3, 0.4) is 0 Å². The molecule has 1 aromatic heterocycles. The quantitative estimate of drug-likeness (QED) is 0.463. The summed E-state index contributed by atoms with van der Waals surface area (Å²) >= 11 is 0. The molecule has 0 aromatic carbocycles. The van der Waals surface area contributed by atoms with Crippen LogP contribution in [-0.2, 0) is 13.6 Å². The van der Waals surface area contributed by atoms with Gasteiger partial charge in [0.2, 0.25) is 0 Å². The van der Waals surface area contributed by atoms with Crippen molar-refractivity contribution in [2.45, 2.75) is 39.3 Å². The normalized spacial score (nSPS) is 17.3. The number of rotatable bonds is 6. The number of nitrogens with zero attached hydrogens (tertiary/aromatic N) is 5. The highest BCUT2D eigenvalue weighted by atomic mass is 15.3. The van der Waals surface area contributed by atoms with Crippen molar-refractivity contribution < 1.29 is 0 Å². The lowest BCUT2D eigenvalue weighted by Crippen LogP contribution is -2.48. The molecule has 0 atom stereocenters. The maximum Gasteiger partial charge on any atom is 0.191 e. The number of piperidine rings is 1. The Morgan fingerprint density at radius 3 is 2.74 bits per heavy atom. The molecule has 0 amide bonds. The number of hydrogen-bond acceptors (Lipinski definition) is 4. The largest absolute Gasteiger partial charge is 0.357 e. The number of aromatic nitrogens is 3. The van der Waals surface area contributed by atoms with E-state index in [-0.39, 0.29) is 0 Å². The Morgan fingerprint density at radius 2 is 2.17 bits per heavy atom. The second-order valence-corrected chi connectivity index (χ2v) is 6.15. The Hall–Kier alpha value is -1.89. The first-order chi connectivity index (χ1) is 11.1. The van der Waals surface area contributed by atoms with E-state index in [4.69, 9.17) is 0 Å². The Balaban J connectivity index is 1.85. The minimum atomic E-state index is 0.466. The molecule has 0 radical (unpaired) electrons. The average molecular weight is 319 g/mol. The van der Waals surface area contributed by atoms with E-state index in [1.807, 2.05) is 7.05 Å². The Labute approximate surface area is 138 Å². The van der Waals surface area contributed by atoms with Gasteiger partial charge in [-0.25, -0.2) is 9.98 Å². The summed E-state index contributed by atoms with van der Waals surface area (Å²) in [5.74, 6) is 1.72. The third kappa shape index (κ3) is 5.67. The maximum atomic E-state index is 4.62. The van der Waals surface area contributed by atoms with E-state index in [0.717, 1.165) is 50.8 Å². The molecule has 0 unspecified atom stereocenters. The van der Waals surface area contributed by atoms with E-state index in [0.29, 0.717) is 12.6 Å². The van der Waals surface area contributed by atoms with E-state index in [9.17, 15) is 0 Å². The number of aliphatic imine (C=N–C) groups is 1. The molecule has 2 heterocycles. The molecule has 1 aliphatic rings. The van der Waals surface area contributed by atoms with Gasteiger partial charge in [-0.15, -0.1) is 0 Å². The molecule has 2 rings (SSSR count). The molecule has 1 fully saturated rings. The zero-order valence-electron chi connectivity index (χ0n) is 14.5.